The van der Waals surface area contributed by atoms with Crippen molar-refractivity contribution in [2.75, 3.05) is 19.0 Å². The van der Waals surface area contributed by atoms with Crippen molar-refractivity contribution in [1.29, 1.82) is 0 Å². The standard InChI is InChI=1S/C26H37N5O3S.C11H24O/c1-9-11-20(27-18(4)17(3)10-2)22-16-35-25(29-22)30-24(33)21(15-34-8)28-23(32)19-12-13-31(14-19)26(5,6)7;1-6-9(3)8-11(5)12-10(4)7-2/h9,11-14,16,21H,10,15H2,1-8H3,(H,28,32)(H,29,30,33);9-11H,6-8H2,1-5H3/b11-9-,18-17?,27-20?;. The average Bonchev–Trinajstić information content (AvgIpc) is 3.71. The number of anilines is 1. The zero-order chi connectivity index (χ0) is 35.7. The van der Waals surface area contributed by atoms with Crippen LogP contribution in [0.1, 0.15) is 125 Å². The lowest BCUT2D eigenvalue weighted by atomic mass is 10.0. The molecule has 0 aliphatic heterocycles. The molecule has 10 heteroatoms. The number of carbonyl (C=O) groups excluding carboxylic acids is 2. The summed E-state index contributed by atoms with van der Waals surface area (Å²) >= 11 is 1.30. The number of nitrogens with zero attached hydrogens (tertiary/aromatic N) is 3. The lowest BCUT2D eigenvalue weighted by Gasteiger charge is -2.21. The number of hydrogen-bond donors (Lipinski definition) is 2. The second-order valence-corrected chi connectivity index (χ2v) is 14.0. The van der Waals surface area contributed by atoms with Gasteiger partial charge < -0.3 is 24.7 Å². The molecule has 4 atom stereocenters. The maximum Gasteiger partial charge on any atom is 0.253 e. The third-order valence-electron chi connectivity index (χ3n) is 7.91. The fraction of sp³-hybridized carbons (Fsp3) is 0.622. The lowest BCUT2D eigenvalue weighted by Crippen LogP contribution is -2.46. The topological polar surface area (TPSA) is 107 Å². The van der Waals surface area contributed by atoms with Gasteiger partial charge in [-0.2, -0.15) is 0 Å². The van der Waals surface area contributed by atoms with Gasteiger partial charge in [-0.15, -0.1) is 11.3 Å². The zero-order valence-corrected chi connectivity index (χ0v) is 32.0. The first-order valence-electron chi connectivity index (χ1n) is 16.9. The Morgan fingerprint density at radius 1 is 1.11 bits per heavy atom. The van der Waals surface area contributed by atoms with Gasteiger partial charge in [0.15, 0.2) is 5.13 Å². The monoisotopic (exact) mass is 671 g/mol. The smallest absolute Gasteiger partial charge is 0.253 e. The van der Waals surface area contributed by atoms with Crippen LogP contribution in [0.4, 0.5) is 5.13 Å². The predicted molar refractivity (Wildman–Crippen MR) is 198 cm³/mol. The molecule has 0 aliphatic rings. The Morgan fingerprint density at radius 2 is 1.79 bits per heavy atom. The van der Waals surface area contributed by atoms with E-state index in [2.05, 4.69) is 64.1 Å². The molecule has 2 amide bonds. The first-order chi connectivity index (χ1) is 22.1. The quantitative estimate of drug-likeness (QED) is 0.174. The van der Waals surface area contributed by atoms with Gasteiger partial charge in [0.05, 0.1) is 30.1 Å². The molecule has 0 spiro atoms. The molecule has 47 heavy (non-hydrogen) atoms. The molecule has 2 aromatic rings. The summed E-state index contributed by atoms with van der Waals surface area (Å²) in [6.45, 7) is 25.2. The Labute approximate surface area is 288 Å². The van der Waals surface area contributed by atoms with Crippen LogP contribution in [0.2, 0.25) is 0 Å². The van der Waals surface area contributed by atoms with E-state index < -0.39 is 11.9 Å². The van der Waals surface area contributed by atoms with Crippen LogP contribution in [0.3, 0.4) is 0 Å². The van der Waals surface area contributed by atoms with Gasteiger partial charge in [0.2, 0.25) is 0 Å². The van der Waals surface area contributed by atoms with Crippen LogP contribution < -0.4 is 10.6 Å². The highest BCUT2D eigenvalue weighted by molar-refractivity contribution is 7.14. The van der Waals surface area contributed by atoms with Crippen molar-refractivity contribution in [3.63, 3.8) is 0 Å². The molecule has 264 valence electrons. The molecule has 0 saturated heterocycles. The molecule has 2 rings (SSSR count). The molecule has 9 nitrogen and oxygen atoms in total. The number of aliphatic imine (C=N–C) groups is 1. The number of thiazole rings is 1. The number of rotatable bonds is 16. The van der Waals surface area contributed by atoms with Crippen LogP contribution in [0.25, 0.3) is 0 Å². The molecule has 0 aliphatic carbocycles. The van der Waals surface area contributed by atoms with Crippen LogP contribution >= 0.6 is 11.3 Å². The van der Waals surface area contributed by atoms with E-state index in [1.165, 1.54) is 36.9 Å². The highest BCUT2D eigenvalue weighted by atomic mass is 32.1. The number of ether oxygens (including phenoxy) is 2. The van der Waals surface area contributed by atoms with Gasteiger partial charge in [-0.1, -0.05) is 45.8 Å². The third-order valence-corrected chi connectivity index (χ3v) is 8.67. The number of allylic oxidation sites excluding steroid dienone is 4. The van der Waals surface area contributed by atoms with Gasteiger partial charge in [0.1, 0.15) is 11.7 Å². The molecule has 2 heterocycles. The Hall–Kier alpha value is -3.08. The minimum absolute atomic E-state index is 0.0291. The van der Waals surface area contributed by atoms with Crippen molar-refractivity contribution < 1.29 is 19.1 Å². The molecule has 4 unspecified atom stereocenters. The van der Waals surface area contributed by atoms with E-state index in [1.807, 2.05) is 62.9 Å². The van der Waals surface area contributed by atoms with Gasteiger partial charge in [-0.05, 0) is 92.7 Å². The molecule has 0 radical (unpaired) electrons. The highest BCUT2D eigenvalue weighted by Crippen LogP contribution is 2.20. The van der Waals surface area contributed by atoms with Gasteiger partial charge in [-0.3, -0.25) is 14.6 Å². The normalized spacial score (nSPS) is 15.3. The summed E-state index contributed by atoms with van der Waals surface area (Å²) in [5, 5.41) is 7.83. The largest absolute Gasteiger partial charge is 0.382 e. The van der Waals surface area contributed by atoms with Crippen molar-refractivity contribution in [2.45, 2.75) is 133 Å². The van der Waals surface area contributed by atoms with Crippen molar-refractivity contribution in [2.24, 2.45) is 10.9 Å². The van der Waals surface area contributed by atoms with E-state index in [0.717, 1.165) is 30.2 Å². The molecule has 0 saturated carbocycles. The van der Waals surface area contributed by atoms with Gasteiger partial charge in [0, 0.05) is 36.1 Å². The fourth-order valence-electron chi connectivity index (χ4n) is 4.33. The van der Waals surface area contributed by atoms with Gasteiger partial charge in [-0.25, -0.2) is 4.98 Å². The summed E-state index contributed by atoms with van der Waals surface area (Å²) in [6, 6.07) is 0.854. The average molecular weight is 672 g/mol. The summed E-state index contributed by atoms with van der Waals surface area (Å²) in [6.07, 6.45) is 12.7. The minimum atomic E-state index is -0.876. The van der Waals surface area contributed by atoms with E-state index >= 15 is 0 Å². The number of nitrogens with one attached hydrogen (secondary N) is 2. The molecule has 2 aromatic heterocycles. The Morgan fingerprint density at radius 3 is 2.32 bits per heavy atom. The second-order valence-electron chi connectivity index (χ2n) is 13.1. The number of aromatic nitrogens is 2. The van der Waals surface area contributed by atoms with Crippen LogP contribution in [-0.2, 0) is 19.8 Å². The molecule has 0 bridgehead atoms. The number of hydrogen-bond acceptors (Lipinski definition) is 7. The SMILES string of the molecule is C/C=C\C(=NC(C)=C(C)CC)c1csc(NC(=O)C(COC)NC(=O)c2ccn(C(C)(C)C)c2)n1.CCC(C)CC(C)OC(C)CC. The molecule has 2 N–H and O–H groups in total. The van der Waals surface area contributed by atoms with Crippen molar-refractivity contribution in [1.82, 2.24) is 14.9 Å². The van der Waals surface area contributed by atoms with Crippen molar-refractivity contribution in [3.05, 3.63) is 58.5 Å². The van der Waals surface area contributed by atoms with Crippen LogP contribution in [0.5, 0.6) is 0 Å². The second kappa shape index (κ2) is 21.0. The maximum atomic E-state index is 12.9. The Balaban J connectivity index is 0.000000779. The van der Waals surface area contributed by atoms with E-state index in [9.17, 15) is 9.59 Å². The van der Waals surface area contributed by atoms with Gasteiger partial charge in [0.25, 0.3) is 11.8 Å². The molecular formula is C37H61N5O4S. The first kappa shape index (κ1) is 41.9. The summed E-state index contributed by atoms with van der Waals surface area (Å²) in [7, 11) is 1.48. The summed E-state index contributed by atoms with van der Waals surface area (Å²) in [5.41, 5.74) is 3.86. The van der Waals surface area contributed by atoms with E-state index in [-0.39, 0.29) is 18.1 Å². The molecule has 0 aromatic carbocycles. The van der Waals surface area contributed by atoms with Crippen molar-refractivity contribution in [3.8, 4) is 0 Å². The minimum Gasteiger partial charge on any atom is -0.382 e. The first-order valence-corrected chi connectivity index (χ1v) is 17.8. The highest BCUT2D eigenvalue weighted by Gasteiger charge is 2.24. The van der Waals surface area contributed by atoms with Gasteiger partial charge >= 0.3 is 0 Å². The third kappa shape index (κ3) is 15.1. The number of carbonyl (C=O) groups is 2. The maximum absolute atomic E-state index is 12.9. The Bertz CT molecular complexity index is 1320. The van der Waals surface area contributed by atoms with E-state index in [4.69, 9.17) is 14.5 Å². The predicted octanol–water partition coefficient (Wildman–Crippen LogP) is 8.78. The fourth-order valence-corrected chi connectivity index (χ4v) is 5.04. The summed E-state index contributed by atoms with van der Waals surface area (Å²) in [5.74, 6) is 0.0453. The van der Waals surface area contributed by atoms with E-state index in [1.54, 1.807) is 12.3 Å². The van der Waals surface area contributed by atoms with Crippen LogP contribution in [0, 0.1) is 5.92 Å². The van der Waals surface area contributed by atoms with Crippen LogP contribution in [-0.4, -0.2) is 59.0 Å². The summed E-state index contributed by atoms with van der Waals surface area (Å²) in [4.78, 5) is 35.0. The van der Waals surface area contributed by atoms with Crippen LogP contribution in [0.15, 0.2) is 52.3 Å². The lowest BCUT2D eigenvalue weighted by molar-refractivity contribution is -0.119. The number of amides is 2. The molecular weight excluding hydrogens is 611 g/mol. The Kier molecular flexibility index (Phi) is 18.7. The summed E-state index contributed by atoms with van der Waals surface area (Å²) < 4.78 is 12.9. The number of methoxy groups -OCH3 is 1. The zero-order valence-electron chi connectivity index (χ0n) is 31.2. The van der Waals surface area contributed by atoms with Crippen molar-refractivity contribution >= 4 is 34.0 Å². The molecule has 0 fully saturated rings. The van der Waals surface area contributed by atoms with E-state index in [0.29, 0.717) is 28.6 Å².